The smallest absolute Gasteiger partial charge is 0.161 e. The van der Waals surface area contributed by atoms with Crippen molar-refractivity contribution in [2.75, 3.05) is 0 Å². The molecule has 2 aromatic rings. The number of ketones is 1. The van der Waals surface area contributed by atoms with Crippen LogP contribution in [0.2, 0.25) is 10.0 Å². The third-order valence-electron chi connectivity index (χ3n) is 3.13. The van der Waals surface area contributed by atoms with Crippen molar-refractivity contribution in [1.29, 1.82) is 0 Å². The van der Waals surface area contributed by atoms with E-state index in [1.165, 1.54) is 30.0 Å². The molecular weight excluding hydrogens is 330 g/mol. The molecule has 0 unspecified atom stereocenters. The Labute approximate surface area is 135 Å². The van der Waals surface area contributed by atoms with Gasteiger partial charge in [-0.15, -0.1) is 0 Å². The van der Waals surface area contributed by atoms with Crippen molar-refractivity contribution in [3.05, 3.63) is 69.5 Å². The van der Waals surface area contributed by atoms with Crippen LogP contribution < -0.4 is 0 Å². The third kappa shape index (κ3) is 3.00. The molecule has 5 heteroatoms. The van der Waals surface area contributed by atoms with Gasteiger partial charge in [0.05, 0.1) is 10.0 Å². The molecular formula is C16H9Cl2FOS. The molecule has 0 heterocycles. The first-order valence-corrected chi connectivity index (χ1v) is 7.77. The summed E-state index contributed by atoms with van der Waals surface area (Å²) in [4.78, 5) is 13.2. The summed E-state index contributed by atoms with van der Waals surface area (Å²) in [5.41, 5.74) is 1.53. The molecule has 0 N–H and O–H groups in total. The predicted molar refractivity (Wildman–Crippen MR) is 85.4 cm³/mol. The zero-order chi connectivity index (χ0) is 15.0. The van der Waals surface area contributed by atoms with Crippen LogP contribution in [0, 0.1) is 5.82 Å². The molecule has 0 aliphatic heterocycles. The molecule has 1 aliphatic carbocycles. The summed E-state index contributed by atoms with van der Waals surface area (Å²) in [6.45, 7) is 0. The molecule has 0 saturated carbocycles. The van der Waals surface area contributed by atoms with Gasteiger partial charge in [-0.25, -0.2) is 4.39 Å². The lowest BCUT2D eigenvalue weighted by Crippen LogP contribution is -2.08. The highest BCUT2D eigenvalue weighted by molar-refractivity contribution is 8.08. The van der Waals surface area contributed by atoms with E-state index in [2.05, 4.69) is 0 Å². The molecule has 0 radical (unpaired) electrons. The Morgan fingerprint density at radius 2 is 1.81 bits per heavy atom. The molecule has 1 aliphatic rings. The maximum atomic E-state index is 13.5. The SMILES string of the molecule is O=C1C=C(Sc2c(Cl)cccc2Cl)c2cc(F)ccc2C1. The Morgan fingerprint density at radius 1 is 1.10 bits per heavy atom. The molecule has 21 heavy (non-hydrogen) atoms. The fourth-order valence-electron chi connectivity index (χ4n) is 2.17. The number of fused-ring (bicyclic) bond motifs is 1. The lowest BCUT2D eigenvalue weighted by atomic mass is 9.96. The molecule has 0 aromatic heterocycles. The van der Waals surface area contributed by atoms with E-state index < -0.39 is 0 Å². The second kappa shape index (κ2) is 5.84. The van der Waals surface area contributed by atoms with E-state index in [1.54, 1.807) is 24.3 Å². The lowest BCUT2D eigenvalue weighted by Gasteiger charge is -2.17. The quantitative estimate of drug-likeness (QED) is 0.730. The lowest BCUT2D eigenvalue weighted by molar-refractivity contribution is -0.114. The van der Waals surface area contributed by atoms with Gasteiger partial charge in [-0.05, 0) is 41.5 Å². The van der Waals surface area contributed by atoms with Crippen LogP contribution in [0.15, 0.2) is 47.4 Å². The number of rotatable bonds is 2. The standard InChI is InChI=1S/C16H9Cl2FOS/c17-13-2-1-3-14(18)16(13)21-15-8-11(20)6-9-4-5-10(19)7-12(9)15/h1-5,7-8H,6H2. The number of halogens is 3. The van der Waals surface area contributed by atoms with Crippen LogP contribution >= 0.6 is 35.0 Å². The first kappa shape index (κ1) is 14.6. The topological polar surface area (TPSA) is 17.1 Å². The Morgan fingerprint density at radius 3 is 2.52 bits per heavy atom. The maximum absolute atomic E-state index is 13.5. The third-order valence-corrected chi connectivity index (χ3v) is 5.18. The van der Waals surface area contributed by atoms with Gasteiger partial charge in [0.25, 0.3) is 0 Å². The summed E-state index contributed by atoms with van der Waals surface area (Å²) in [5, 5.41) is 1.01. The molecule has 0 saturated heterocycles. The normalized spacial score (nSPS) is 13.9. The molecule has 0 spiro atoms. The van der Waals surface area contributed by atoms with Crippen LogP contribution in [0.5, 0.6) is 0 Å². The number of carbonyl (C=O) groups is 1. The highest BCUT2D eigenvalue weighted by Crippen LogP contribution is 2.44. The second-order valence-electron chi connectivity index (χ2n) is 4.61. The Hall–Kier alpha value is -1.29. The molecule has 0 amide bonds. The van der Waals surface area contributed by atoms with E-state index in [-0.39, 0.29) is 18.0 Å². The van der Waals surface area contributed by atoms with Crippen LogP contribution in [0.4, 0.5) is 4.39 Å². The van der Waals surface area contributed by atoms with Gasteiger partial charge < -0.3 is 0 Å². The number of hydrogen-bond acceptors (Lipinski definition) is 2. The minimum absolute atomic E-state index is 0.0141. The van der Waals surface area contributed by atoms with Gasteiger partial charge in [-0.1, -0.05) is 47.1 Å². The van der Waals surface area contributed by atoms with E-state index in [0.29, 0.717) is 19.8 Å². The van der Waals surface area contributed by atoms with Crippen molar-refractivity contribution in [2.45, 2.75) is 11.3 Å². The second-order valence-corrected chi connectivity index (χ2v) is 6.47. The fraction of sp³-hybridized carbons (Fsp3) is 0.0625. The number of carbonyl (C=O) groups excluding carboxylic acids is 1. The van der Waals surface area contributed by atoms with Crippen molar-refractivity contribution < 1.29 is 9.18 Å². The zero-order valence-electron chi connectivity index (χ0n) is 10.7. The number of benzene rings is 2. The summed E-state index contributed by atoms with van der Waals surface area (Å²) in [6, 6.07) is 9.65. The largest absolute Gasteiger partial charge is 0.294 e. The van der Waals surface area contributed by atoms with Crippen molar-refractivity contribution in [3.8, 4) is 0 Å². The summed E-state index contributed by atoms with van der Waals surface area (Å²) in [7, 11) is 0. The minimum Gasteiger partial charge on any atom is -0.294 e. The number of allylic oxidation sites excluding steroid dienone is 1. The molecule has 2 aromatic carbocycles. The van der Waals surface area contributed by atoms with E-state index in [4.69, 9.17) is 23.2 Å². The molecule has 0 bridgehead atoms. The highest BCUT2D eigenvalue weighted by Gasteiger charge is 2.20. The van der Waals surface area contributed by atoms with Crippen LogP contribution in [0.3, 0.4) is 0 Å². The van der Waals surface area contributed by atoms with Crippen LogP contribution in [0.1, 0.15) is 11.1 Å². The van der Waals surface area contributed by atoms with Gasteiger partial charge in [0.1, 0.15) is 5.82 Å². The van der Waals surface area contributed by atoms with Gasteiger partial charge in [-0.3, -0.25) is 4.79 Å². The zero-order valence-corrected chi connectivity index (χ0v) is 13.0. The molecule has 3 rings (SSSR count). The van der Waals surface area contributed by atoms with Crippen molar-refractivity contribution >= 4 is 45.7 Å². The predicted octanol–water partition coefficient (Wildman–Crippen LogP) is 5.39. The molecule has 106 valence electrons. The highest BCUT2D eigenvalue weighted by atomic mass is 35.5. The Kier molecular flexibility index (Phi) is 4.07. The molecule has 0 atom stereocenters. The van der Waals surface area contributed by atoms with E-state index in [1.807, 2.05) is 0 Å². The molecule has 1 nitrogen and oxygen atoms in total. The molecule has 0 fully saturated rings. The summed E-state index contributed by atoms with van der Waals surface area (Å²) < 4.78 is 13.5. The first-order valence-electron chi connectivity index (χ1n) is 6.20. The van der Waals surface area contributed by atoms with E-state index in [9.17, 15) is 9.18 Å². The summed E-state index contributed by atoms with van der Waals surface area (Å²) in [6.07, 6.45) is 1.81. The summed E-state index contributed by atoms with van der Waals surface area (Å²) >= 11 is 13.6. The van der Waals surface area contributed by atoms with Crippen LogP contribution in [-0.4, -0.2) is 5.78 Å². The minimum atomic E-state index is -0.333. The van der Waals surface area contributed by atoms with Crippen molar-refractivity contribution in [2.24, 2.45) is 0 Å². The van der Waals surface area contributed by atoms with Gasteiger partial charge in [0.2, 0.25) is 0 Å². The Bertz CT molecular complexity index is 751. The Balaban J connectivity index is 2.06. The van der Waals surface area contributed by atoms with Gasteiger partial charge in [0, 0.05) is 16.2 Å². The van der Waals surface area contributed by atoms with E-state index in [0.717, 1.165) is 11.1 Å². The number of hydrogen-bond donors (Lipinski definition) is 0. The fourth-order valence-corrected chi connectivity index (χ4v) is 3.84. The monoisotopic (exact) mass is 338 g/mol. The van der Waals surface area contributed by atoms with Crippen molar-refractivity contribution in [1.82, 2.24) is 0 Å². The van der Waals surface area contributed by atoms with Crippen LogP contribution in [-0.2, 0) is 11.2 Å². The average molecular weight is 339 g/mol. The number of thioether (sulfide) groups is 1. The van der Waals surface area contributed by atoms with Crippen molar-refractivity contribution in [3.63, 3.8) is 0 Å². The van der Waals surface area contributed by atoms with Gasteiger partial charge in [-0.2, -0.15) is 0 Å². The van der Waals surface area contributed by atoms with Gasteiger partial charge in [0.15, 0.2) is 5.78 Å². The summed E-state index contributed by atoms with van der Waals surface area (Å²) in [5.74, 6) is -0.348. The first-order chi connectivity index (χ1) is 10.0. The van der Waals surface area contributed by atoms with Crippen LogP contribution in [0.25, 0.3) is 4.91 Å². The van der Waals surface area contributed by atoms with E-state index >= 15 is 0 Å². The van der Waals surface area contributed by atoms with Gasteiger partial charge >= 0.3 is 0 Å². The average Bonchev–Trinajstić information content (AvgIpc) is 2.43. The maximum Gasteiger partial charge on any atom is 0.161 e.